The summed E-state index contributed by atoms with van der Waals surface area (Å²) in [4.78, 5) is 16.7. The lowest BCUT2D eigenvalue weighted by Gasteiger charge is -2.10. The lowest BCUT2D eigenvalue weighted by atomic mass is 10.1. The molecule has 1 atom stereocenters. The minimum absolute atomic E-state index is 0.00355. The van der Waals surface area contributed by atoms with E-state index in [4.69, 9.17) is 17.3 Å². The summed E-state index contributed by atoms with van der Waals surface area (Å²) in [6, 6.07) is 25.0. The summed E-state index contributed by atoms with van der Waals surface area (Å²) < 4.78 is 0. The number of guanidine groups is 1. The highest BCUT2D eigenvalue weighted by atomic mass is 35.5. The van der Waals surface area contributed by atoms with E-state index in [-0.39, 0.29) is 11.9 Å². The number of carbonyl (C=O) groups is 1. The molecule has 3 aromatic rings. The van der Waals surface area contributed by atoms with E-state index in [1.807, 2.05) is 48.5 Å². The number of nitrogens with zero attached hydrogens (tertiary/aromatic N) is 1. The summed E-state index contributed by atoms with van der Waals surface area (Å²) in [6.45, 7) is 0. The molecule has 0 radical (unpaired) electrons. The highest BCUT2D eigenvalue weighted by Gasteiger charge is 2.10. The highest BCUT2D eigenvalue weighted by Crippen LogP contribution is 2.19. The second-order valence-electron chi connectivity index (χ2n) is 5.92. The van der Waals surface area contributed by atoms with E-state index in [0.717, 1.165) is 11.1 Å². The van der Waals surface area contributed by atoms with E-state index in [1.54, 1.807) is 36.4 Å². The zero-order chi connectivity index (χ0) is 19.8. The molecule has 0 saturated carbocycles. The average Bonchev–Trinajstić information content (AvgIpc) is 2.73. The molecule has 0 aromatic heterocycles. The Morgan fingerprint density at radius 3 is 2.18 bits per heavy atom. The van der Waals surface area contributed by atoms with Gasteiger partial charge in [0.25, 0.3) is 5.91 Å². The molecular weight excluding hydrogens is 370 g/mol. The fourth-order valence-electron chi connectivity index (χ4n) is 2.46. The average molecular weight is 388 g/mol. The van der Waals surface area contributed by atoms with Crippen LogP contribution in [0.15, 0.2) is 89.9 Å². The smallest absolute Gasteiger partial charge is 0.257 e. The van der Waals surface area contributed by atoms with Crippen LogP contribution in [-0.4, -0.2) is 11.9 Å². The van der Waals surface area contributed by atoms with E-state index in [9.17, 15) is 4.79 Å². The molecular formula is C23H18ClN3O. The van der Waals surface area contributed by atoms with Crippen LogP contribution in [0.4, 0.5) is 0 Å². The van der Waals surface area contributed by atoms with Gasteiger partial charge in [-0.2, -0.15) is 0 Å². The van der Waals surface area contributed by atoms with Gasteiger partial charge in [0, 0.05) is 16.1 Å². The number of amides is 1. The molecule has 0 spiro atoms. The number of nitrogens with two attached hydrogens (primary N) is 1. The van der Waals surface area contributed by atoms with Gasteiger partial charge in [0.15, 0.2) is 5.96 Å². The van der Waals surface area contributed by atoms with Crippen LogP contribution in [0.25, 0.3) is 0 Å². The van der Waals surface area contributed by atoms with E-state index >= 15 is 0 Å². The van der Waals surface area contributed by atoms with Crippen LogP contribution >= 0.6 is 11.6 Å². The van der Waals surface area contributed by atoms with E-state index < -0.39 is 6.04 Å². The van der Waals surface area contributed by atoms with E-state index in [2.05, 4.69) is 22.2 Å². The summed E-state index contributed by atoms with van der Waals surface area (Å²) in [5.74, 6) is 5.86. The summed E-state index contributed by atoms with van der Waals surface area (Å²) >= 11 is 5.98. The second-order valence-corrected chi connectivity index (χ2v) is 6.36. The van der Waals surface area contributed by atoms with Gasteiger partial charge in [-0.3, -0.25) is 10.1 Å². The fourth-order valence-corrected chi connectivity index (χ4v) is 2.58. The number of carbonyl (C=O) groups excluding carboxylic acids is 1. The summed E-state index contributed by atoms with van der Waals surface area (Å²) in [7, 11) is 0. The van der Waals surface area contributed by atoms with Crippen LogP contribution in [0.2, 0.25) is 5.02 Å². The Balaban J connectivity index is 1.85. The predicted octanol–water partition coefficient (Wildman–Crippen LogP) is 4.18. The molecule has 0 aliphatic carbocycles. The Morgan fingerprint density at radius 1 is 0.929 bits per heavy atom. The van der Waals surface area contributed by atoms with Crippen molar-refractivity contribution in [3.8, 4) is 11.8 Å². The Morgan fingerprint density at radius 2 is 1.54 bits per heavy atom. The van der Waals surface area contributed by atoms with Crippen LogP contribution in [0.3, 0.4) is 0 Å². The normalized spacial score (nSPS) is 11.8. The van der Waals surface area contributed by atoms with Gasteiger partial charge in [0.05, 0.1) is 0 Å². The SMILES string of the molecule is NC(=NC(C#Cc1ccccc1)c1ccc(Cl)cc1)NC(=O)c1ccccc1. The van der Waals surface area contributed by atoms with Crippen LogP contribution in [-0.2, 0) is 0 Å². The molecule has 1 unspecified atom stereocenters. The molecule has 0 aliphatic rings. The van der Waals surface area contributed by atoms with Crippen molar-refractivity contribution >= 4 is 23.5 Å². The standard InChI is InChI=1S/C23H18ClN3O/c24-20-14-12-18(13-15-20)21(16-11-17-7-3-1-4-8-17)26-23(25)27-22(28)19-9-5-2-6-10-19/h1-10,12-15,21H,(H3,25,26,27,28). The van der Waals surface area contributed by atoms with Crippen molar-refractivity contribution in [3.05, 3.63) is 107 Å². The minimum atomic E-state index is -0.548. The first-order valence-electron chi connectivity index (χ1n) is 8.63. The summed E-state index contributed by atoms with van der Waals surface area (Å²) in [5, 5.41) is 3.22. The molecule has 0 fully saturated rings. The van der Waals surface area contributed by atoms with Gasteiger partial charge in [-0.1, -0.05) is 72.0 Å². The molecule has 28 heavy (non-hydrogen) atoms. The number of hydrogen-bond donors (Lipinski definition) is 2. The van der Waals surface area contributed by atoms with Gasteiger partial charge in [-0.05, 0) is 42.0 Å². The number of hydrogen-bond acceptors (Lipinski definition) is 2. The lowest BCUT2D eigenvalue weighted by molar-refractivity contribution is 0.0976. The Hall–Kier alpha value is -3.55. The summed E-state index contributed by atoms with van der Waals surface area (Å²) in [6.07, 6.45) is 0. The molecule has 138 valence electrons. The molecule has 3 N–H and O–H groups in total. The minimum Gasteiger partial charge on any atom is -0.370 e. The van der Waals surface area contributed by atoms with Gasteiger partial charge in [0.2, 0.25) is 0 Å². The number of nitrogens with one attached hydrogen (secondary N) is 1. The predicted molar refractivity (Wildman–Crippen MR) is 113 cm³/mol. The van der Waals surface area contributed by atoms with E-state index in [1.165, 1.54) is 0 Å². The van der Waals surface area contributed by atoms with Crippen molar-refractivity contribution in [2.45, 2.75) is 6.04 Å². The highest BCUT2D eigenvalue weighted by molar-refractivity contribution is 6.30. The molecule has 0 heterocycles. The lowest BCUT2D eigenvalue weighted by Crippen LogP contribution is -2.37. The molecule has 0 aliphatic heterocycles. The Bertz CT molecular complexity index is 1020. The van der Waals surface area contributed by atoms with Gasteiger partial charge >= 0.3 is 0 Å². The number of rotatable bonds is 3. The number of halogens is 1. The Labute approximate surface area is 169 Å². The second kappa shape index (κ2) is 9.40. The molecule has 0 saturated heterocycles. The van der Waals surface area contributed by atoms with Gasteiger partial charge < -0.3 is 5.73 Å². The molecule has 3 aromatic carbocycles. The first kappa shape index (κ1) is 19.2. The maximum atomic E-state index is 12.3. The molecule has 0 bridgehead atoms. The molecule has 1 amide bonds. The van der Waals surface area contributed by atoms with Crippen molar-refractivity contribution in [1.82, 2.24) is 5.32 Å². The fraction of sp³-hybridized carbons (Fsp3) is 0.0435. The van der Waals surface area contributed by atoms with Crippen molar-refractivity contribution in [3.63, 3.8) is 0 Å². The summed E-state index contributed by atoms with van der Waals surface area (Å²) in [5.41, 5.74) is 8.16. The van der Waals surface area contributed by atoms with Crippen molar-refractivity contribution < 1.29 is 4.79 Å². The molecule has 4 nitrogen and oxygen atoms in total. The van der Waals surface area contributed by atoms with Crippen molar-refractivity contribution in [2.24, 2.45) is 10.7 Å². The van der Waals surface area contributed by atoms with E-state index in [0.29, 0.717) is 10.6 Å². The molecule has 3 rings (SSSR count). The Kier molecular flexibility index (Phi) is 6.46. The quantitative estimate of drug-likeness (QED) is 0.402. The van der Waals surface area contributed by atoms with Crippen molar-refractivity contribution in [1.29, 1.82) is 0 Å². The topological polar surface area (TPSA) is 67.5 Å². The van der Waals surface area contributed by atoms with Crippen LogP contribution in [0, 0.1) is 11.8 Å². The zero-order valence-corrected chi connectivity index (χ0v) is 15.7. The zero-order valence-electron chi connectivity index (χ0n) is 15.0. The third kappa shape index (κ3) is 5.47. The molecule has 5 heteroatoms. The maximum Gasteiger partial charge on any atom is 0.257 e. The third-order valence-electron chi connectivity index (χ3n) is 3.86. The first-order valence-corrected chi connectivity index (χ1v) is 9.01. The first-order chi connectivity index (χ1) is 13.6. The van der Waals surface area contributed by atoms with Gasteiger partial charge in [-0.15, -0.1) is 0 Å². The monoisotopic (exact) mass is 387 g/mol. The van der Waals surface area contributed by atoms with Gasteiger partial charge in [0.1, 0.15) is 6.04 Å². The van der Waals surface area contributed by atoms with Crippen LogP contribution < -0.4 is 11.1 Å². The van der Waals surface area contributed by atoms with Crippen LogP contribution in [0.1, 0.15) is 27.5 Å². The van der Waals surface area contributed by atoms with Gasteiger partial charge in [-0.25, -0.2) is 4.99 Å². The maximum absolute atomic E-state index is 12.3. The largest absolute Gasteiger partial charge is 0.370 e. The number of benzene rings is 3. The third-order valence-corrected chi connectivity index (χ3v) is 4.11. The van der Waals surface area contributed by atoms with Crippen LogP contribution in [0.5, 0.6) is 0 Å². The van der Waals surface area contributed by atoms with Crippen molar-refractivity contribution in [2.75, 3.05) is 0 Å². The number of aliphatic imine (C=N–C) groups is 1.